The van der Waals surface area contributed by atoms with Crippen LogP contribution in [0.2, 0.25) is 0 Å². The topological polar surface area (TPSA) is 52.0 Å². The van der Waals surface area contributed by atoms with Gasteiger partial charge >= 0.3 is 0 Å². The van der Waals surface area contributed by atoms with Crippen molar-refractivity contribution >= 4 is 0 Å². The van der Waals surface area contributed by atoms with E-state index in [1.165, 1.54) is 16.7 Å². The van der Waals surface area contributed by atoms with Gasteiger partial charge in [0.25, 0.3) is 0 Å². The number of hydrogen-bond acceptors (Lipinski definition) is 2. The molecule has 0 aliphatic rings. The zero-order valence-corrected chi connectivity index (χ0v) is 10.8. The van der Waals surface area contributed by atoms with E-state index >= 15 is 0 Å². The summed E-state index contributed by atoms with van der Waals surface area (Å²) in [5.74, 6) is 0.543. The first-order valence-electron chi connectivity index (χ1n) is 6.03. The summed E-state index contributed by atoms with van der Waals surface area (Å²) in [7, 11) is 0. The molecule has 0 fully saturated rings. The van der Waals surface area contributed by atoms with E-state index in [4.69, 9.17) is 11.5 Å². The van der Waals surface area contributed by atoms with Gasteiger partial charge in [-0.1, -0.05) is 32.0 Å². The van der Waals surface area contributed by atoms with Gasteiger partial charge < -0.3 is 11.5 Å². The Bertz CT molecular complexity index is 343. The molecule has 2 nitrogen and oxygen atoms in total. The lowest BCUT2D eigenvalue weighted by molar-refractivity contribution is 0.565. The molecule has 16 heavy (non-hydrogen) atoms. The molecule has 4 N–H and O–H groups in total. The van der Waals surface area contributed by atoms with Gasteiger partial charge in [-0.15, -0.1) is 0 Å². The molecule has 0 saturated carbocycles. The van der Waals surface area contributed by atoms with Crippen molar-refractivity contribution in [3.63, 3.8) is 0 Å². The number of aryl methyl sites for hydroxylation is 1. The maximum atomic E-state index is 6.19. The van der Waals surface area contributed by atoms with Crippen LogP contribution in [0.15, 0.2) is 18.2 Å². The van der Waals surface area contributed by atoms with Crippen molar-refractivity contribution in [2.24, 2.45) is 11.5 Å². The van der Waals surface area contributed by atoms with Crippen LogP contribution in [0.3, 0.4) is 0 Å². The Balaban J connectivity index is 2.97. The van der Waals surface area contributed by atoms with Crippen molar-refractivity contribution in [2.75, 3.05) is 0 Å². The van der Waals surface area contributed by atoms with E-state index in [0.29, 0.717) is 5.92 Å². The lowest BCUT2D eigenvalue weighted by atomic mass is 9.92. The van der Waals surface area contributed by atoms with E-state index in [-0.39, 0.29) is 12.1 Å². The highest BCUT2D eigenvalue weighted by Crippen LogP contribution is 2.24. The van der Waals surface area contributed by atoms with Gasteiger partial charge in [0.05, 0.1) is 0 Å². The number of nitrogens with two attached hydrogens (primary N) is 2. The van der Waals surface area contributed by atoms with E-state index in [2.05, 4.69) is 39.0 Å². The Hall–Kier alpha value is -0.860. The van der Waals surface area contributed by atoms with E-state index in [1.54, 1.807) is 0 Å². The normalized spacial score (nSPS) is 15.2. The van der Waals surface area contributed by atoms with Crippen LogP contribution in [0.1, 0.15) is 55.8 Å². The van der Waals surface area contributed by atoms with E-state index in [1.807, 2.05) is 6.92 Å². The third kappa shape index (κ3) is 3.32. The quantitative estimate of drug-likeness (QED) is 0.819. The molecule has 1 aromatic carbocycles. The molecule has 0 amide bonds. The summed E-state index contributed by atoms with van der Waals surface area (Å²) < 4.78 is 0. The predicted octanol–water partition coefficient (Wildman–Crippen LogP) is 2.86. The van der Waals surface area contributed by atoms with E-state index in [0.717, 1.165) is 6.42 Å². The molecule has 0 aliphatic carbocycles. The van der Waals surface area contributed by atoms with Gasteiger partial charge in [-0.2, -0.15) is 0 Å². The molecule has 0 saturated heterocycles. The zero-order chi connectivity index (χ0) is 12.3. The van der Waals surface area contributed by atoms with Gasteiger partial charge in [0.2, 0.25) is 0 Å². The minimum absolute atomic E-state index is 0.0544. The summed E-state index contributed by atoms with van der Waals surface area (Å²) in [5.41, 5.74) is 15.8. The summed E-state index contributed by atoms with van der Waals surface area (Å²) in [6.07, 6.45) is 0.836. The standard InChI is InChI=1S/C14H24N2/c1-9(2)12-6-5-10(3)13(8-12)14(16)7-11(4)15/h5-6,8-9,11,14H,7,15-16H2,1-4H3. The predicted molar refractivity (Wildman–Crippen MR) is 70.5 cm³/mol. The SMILES string of the molecule is Cc1ccc(C(C)C)cc1C(N)CC(C)N. The third-order valence-electron chi connectivity index (χ3n) is 3.00. The van der Waals surface area contributed by atoms with Crippen LogP contribution < -0.4 is 11.5 Å². The fourth-order valence-corrected chi connectivity index (χ4v) is 1.95. The average Bonchev–Trinajstić information content (AvgIpc) is 2.16. The molecule has 1 aromatic rings. The van der Waals surface area contributed by atoms with Crippen molar-refractivity contribution in [2.45, 2.75) is 52.1 Å². The van der Waals surface area contributed by atoms with Crippen molar-refractivity contribution in [3.8, 4) is 0 Å². The maximum Gasteiger partial charge on any atom is 0.0312 e. The molecule has 2 unspecified atom stereocenters. The molecule has 2 heteroatoms. The van der Waals surface area contributed by atoms with Crippen LogP contribution in [-0.4, -0.2) is 6.04 Å². The zero-order valence-electron chi connectivity index (χ0n) is 10.8. The Kier molecular flexibility index (Phi) is 4.51. The first-order chi connectivity index (χ1) is 7.41. The summed E-state index contributed by atoms with van der Waals surface area (Å²) >= 11 is 0. The molecule has 0 aliphatic heterocycles. The smallest absolute Gasteiger partial charge is 0.0312 e. The summed E-state index contributed by atoms with van der Waals surface area (Å²) in [5, 5.41) is 0. The molecular formula is C14H24N2. The summed E-state index contributed by atoms with van der Waals surface area (Å²) in [6, 6.07) is 6.77. The molecule has 0 bridgehead atoms. The van der Waals surface area contributed by atoms with Crippen molar-refractivity contribution in [1.29, 1.82) is 0 Å². The highest BCUT2D eigenvalue weighted by Gasteiger charge is 2.12. The highest BCUT2D eigenvalue weighted by atomic mass is 14.7. The van der Waals surface area contributed by atoms with Crippen LogP contribution in [0, 0.1) is 6.92 Å². The van der Waals surface area contributed by atoms with Crippen molar-refractivity contribution in [1.82, 2.24) is 0 Å². The Morgan fingerprint density at radius 1 is 1.12 bits per heavy atom. The molecule has 0 heterocycles. The molecule has 0 radical (unpaired) electrons. The second-order valence-electron chi connectivity index (χ2n) is 5.09. The van der Waals surface area contributed by atoms with Crippen LogP contribution in [0.4, 0.5) is 0 Å². The van der Waals surface area contributed by atoms with Crippen LogP contribution in [-0.2, 0) is 0 Å². The van der Waals surface area contributed by atoms with E-state index < -0.39 is 0 Å². The second-order valence-corrected chi connectivity index (χ2v) is 5.09. The van der Waals surface area contributed by atoms with Gasteiger partial charge in [-0.25, -0.2) is 0 Å². The first-order valence-corrected chi connectivity index (χ1v) is 6.03. The molecule has 90 valence electrons. The van der Waals surface area contributed by atoms with Gasteiger partial charge in [0.15, 0.2) is 0 Å². The third-order valence-corrected chi connectivity index (χ3v) is 3.00. The fourth-order valence-electron chi connectivity index (χ4n) is 1.95. The Morgan fingerprint density at radius 2 is 1.75 bits per heavy atom. The van der Waals surface area contributed by atoms with Gasteiger partial charge in [-0.05, 0) is 42.9 Å². The molecule has 1 rings (SSSR count). The highest BCUT2D eigenvalue weighted by molar-refractivity contribution is 5.34. The summed E-state index contributed by atoms with van der Waals surface area (Å²) in [4.78, 5) is 0. The first kappa shape index (κ1) is 13.2. The number of benzene rings is 1. The number of hydrogen-bond donors (Lipinski definition) is 2. The number of rotatable bonds is 4. The van der Waals surface area contributed by atoms with Crippen molar-refractivity contribution < 1.29 is 0 Å². The summed E-state index contributed by atoms with van der Waals surface area (Å²) in [6.45, 7) is 8.51. The van der Waals surface area contributed by atoms with Crippen LogP contribution in [0.25, 0.3) is 0 Å². The molecule has 0 aromatic heterocycles. The Labute approximate surface area is 99.0 Å². The second kappa shape index (κ2) is 5.46. The largest absolute Gasteiger partial charge is 0.328 e. The molecule has 2 atom stereocenters. The van der Waals surface area contributed by atoms with Gasteiger partial charge in [0.1, 0.15) is 0 Å². The van der Waals surface area contributed by atoms with Crippen LogP contribution in [0.5, 0.6) is 0 Å². The molecular weight excluding hydrogens is 196 g/mol. The minimum atomic E-state index is 0.0544. The van der Waals surface area contributed by atoms with Gasteiger partial charge in [0, 0.05) is 12.1 Å². The lowest BCUT2D eigenvalue weighted by Crippen LogP contribution is -2.23. The van der Waals surface area contributed by atoms with Crippen molar-refractivity contribution in [3.05, 3.63) is 34.9 Å². The fraction of sp³-hybridized carbons (Fsp3) is 0.571. The van der Waals surface area contributed by atoms with Gasteiger partial charge in [-0.3, -0.25) is 0 Å². The maximum absolute atomic E-state index is 6.19. The monoisotopic (exact) mass is 220 g/mol. The van der Waals surface area contributed by atoms with Crippen LogP contribution >= 0.6 is 0 Å². The Morgan fingerprint density at radius 3 is 2.25 bits per heavy atom. The van der Waals surface area contributed by atoms with E-state index in [9.17, 15) is 0 Å². The average molecular weight is 220 g/mol. The lowest BCUT2D eigenvalue weighted by Gasteiger charge is -2.19. The minimum Gasteiger partial charge on any atom is -0.328 e. The molecule has 0 spiro atoms.